The summed E-state index contributed by atoms with van der Waals surface area (Å²) in [6.45, 7) is 7.44. The van der Waals surface area contributed by atoms with E-state index in [2.05, 4.69) is 12.1 Å². The van der Waals surface area contributed by atoms with Crippen LogP contribution >= 0.6 is 7.82 Å². The van der Waals surface area contributed by atoms with Crippen LogP contribution in [0.2, 0.25) is 0 Å². The number of likely N-dealkylation sites (tertiary alicyclic amines) is 2. The van der Waals surface area contributed by atoms with Crippen LogP contribution < -0.4 is 14.4 Å². The first-order valence-corrected chi connectivity index (χ1v) is 16.4. The number of nitriles is 2. The maximum atomic E-state index is 14.1. The quantitative estimate of drug-likeness (QED) is 0.424. The molecule has 6 rings (SSSR count). The van der Waals surface area contributed by atoms with E-state index in [1.165, 1.54) is 0 Å². The van der Waals surface area contributed by atoms with Gasteiger partial charge < -0.3 is 33.2 Å². The lowest BCUT2D eigenvalue weighted by atomic mass is 9.85. The molecule has 0 spiro atoms. The number of fused-ring (bicyclic) bond motifs is 2. The zero-order valence-electron chi connectivity index (χ0n) is 25.5. The third-order valence-corrected chi connectivity index (χ3v) is 9.95. The first kappa shape index (κ1) is 31.1. The molecule has 4 aliphatic heterocycles. The van der Waals surface area contributed by atoms with Crippen molar-refractivity contribution < 1.29 is 37.6 Å². The number of phosphoric acid groups is 1. The molecular formula is C32H34N4O8P-. The molecule has 2 fully saturated rings. The van der Waals surface area contributed by atoms with Gasteiger partial charge in [0.25, 0.3) is 7.82 Å². The molecule has 0 N–H and O–H groups in total. The number of phosphoric ester groups is 1. The summed E-state index contributed by atoms with van der Waals surface area (Å²) in [6.07, 6.45) is -0.724. The smallest absolute Gasteiger partial charge is 0.268 e. The fourth-order valence-electron chi connectivity index (χ4n) is 6.91. The van der Waals surface area contributed by atoms with Gasteiger partial charge in [-0.05, 0) is 76.9 Å². The molecule has 4 heterocycles. The third kappa shape index (κ3) is 5.57. The van der Waals surface area contributed by atoms with E-state index in [0.29, 0.717) is 72.5 Å². The number of rotatable bonds is 6. The number of hydrogen-bond acceptors (Lipinski definition) is 10. The Bertz CT molecular complexity index is 1580. The average molecular weight is 634 g/mol. The summed E-state index contributed by atoms with van der Waals surface area (Å²) in [7, 11) is -5.26. The Morgan fingerprint density at radius 2 is 1.20 bits per heavy atom. The summed E-state index contributed by atoms with van der Waals surface area (Å²) < 4.78 is 38.4. The molecule has 236 valence electrons. The van der Waals surface area contributed by atoms with Crippen molar-refractivity contribution >= 4 is 19.6 Å². The highest BCUT2D eigenvalue weighted by Gasteiger charge is 2.54. The Morgan fingerprint density at radius 3 is 1.53 bits per heavy atom. The Labute approximate surface area is 261 Å². The molecule has 13 heteroatoms. The second-order valence-corrected chi connectivity index (χ2v) is 14.2. The monoisotopic (exact) mass is 633 g/mol. The Kier molecular flexibility index (Phi) is 7.70. The molecule has 4 atom stereocenters. The number of carbonyl (C=O) groups excluding carboxylic acids is 2. The molecule has 2 aromatic carbocycles. The van der Waals surface area contributed by atoms with Crippen molar-refractivity contribution in [3.63, 3.8) is 0 Å². The van der Waals surface area contributed by atoms with Gasteiger partial charge in [0, 0.05) is 37.1 Å². The highest BCUT2D eigenvalue weighted by atomic mass is 31.2. The number of nitrogens with zero attached hydrogens (tertiary/aromatic N) is 4. The zero-order valence-corrected chi connectivity index (χ0v) is 26.4. The van der Waals surface area contributed by atoms with E-state index in [-0.39, 0.29) is 11.8 Å². The van der Waals surface area contributed by atoms with E-state index in [4.69, 9.17) is 18.5 Å². The molecule has 12 nitrogen and oxygen atoms in total. The number of carbonyl (C=O) groups is 2. The topological polar surface area (TPSA) is 165 Å². The molecule has 0 bridgehead atoms. The van der Waals surface area contributed by atoms with Crippen LogP contribution in [0.5, 0.6) is 11.5 Å². The maximum absolute atomic E-state index is 14.1. The SMILES string of the molecule is CC1(C)Oc2ccc(C#N)cc2[C@H](N2CCCC2=O)[C@H]1OP(=O)([O-])O[C@@H]1[C@@H](N2CCCC2=O)c2cc(C#N)ccc2OC1(C)C. The van der Waals surface area contributed by atoms with Crippen LogP contribution in [0, 0.1) is 22.7 Å². The number of amides is 2. The molecule has 0 saturated carbocycles. The van der Waals surface area contributed by atoms with Crippen molar-refractivity contribution in [1.82, 2.24) is 9.80 Å². The summed E-state index contributed by atoms with van der Waals surface area (Å²) in [6, 6.07) is 12.1. The predicted molar refractivity (Wildman–Crippen MR) is 156 cm³/mol. The minimum atomic E-state index is -5.26. The summed E-state index contributed by atoms with van der Waals surface area (Å²) >= 11 is 0. The van der Waals surface area contributed by atoms with Gasteiger partial charge in [-0.2, -0.15) is 10.5 Å². The van der Waals surface area contributed by atoms with Gasteiger partial charge in [0.1, 0.15) is 34.9 Å². The Hall–Kier alpha value is -3.93. The van der Waals surface area contributed by atoms with E-state index in [1.54, 1.807) is 73.9 Å². The van der Waals surface area contributed by atoms with Crippen molar-refractivity contribution in [3.05, 3.63) is 58.7 Å². The normalized spacial score (nSPS) is 26.7. The van der Waals surface area contributed by atoms with Crippen molar-refractivity contribution in [3.8, 4) is 23.6 Å². The van der Waals surface area contributed by atoms with Crippen molar-refractivity contribution in [2.45, 2.75) is 88.9 Å². The molecule has 0 radical (unpaired) electrons. The molecule has 4 aliphatic rings. The largest absolute Gasteiger partial charge is 0.756 e. The highest BCUT2D eigenvalue weighted by Crippen LogP contribution is 2.56. The number of hydrogen-bond donors (Lipinski definition) is 0. The van der Waals surface area contributed by atoms with Gasteiger partial charge in [-0.1, -0.05) is 0 Å². The van der Waals surface area contributed by atoms with E-state index < -0.39 is 43.3 Å². The second-order valence-electron chi connectivity index (χ2n) is 12.9. The summed E-state index contributed by atoms with van der Waals surface area (Å²) in [5.74, 6) is 0.509. The van der Waals surface area contributed by atoms with Gasteiger partial charge >= 0.3 is 0 Å². The lowest BCUT2D eigenvalue weighted by molar-refractivity contribution is -0.253. The van der Waals surface area contributed by atoms with Gasteiger partial charge in [0.2, 0.25) is 11.8 Å². The standard InChI is InChI=1S/C32H35N4O8P/c1-31(2)29(27(35-13-5-7-25(35)37)21-15-19(17-33)9-11-23(21)41-31)43-45(39,40)44-30-28(36-14-6-8-26(36)38)22-16-20(18-34)10-12-24(22)42-32(30,3)4/h9-12,15-16,27-30H,5-8,13-14H2,1-4H3,(H,39,40)/p-1/t27-,28-,29+,30+/m0/s1. The van der Waals surface area contributed by atoms with E-state index in [1.807, 2.05) is 0 Å². The lowest BCUT2D eigenvalue weighted by Gasteiger charge is -2.51. The maximum Gasteiger partial charge on any atom is 0.268 e. The molecule has 2 aromatic rings. The van der Waals surface area contributed by atoms with Crippen LogP contribution in [0.1, 0.15) is 87.7 Å². The third-order valence-electron chi connectivity index (χ3n) is 8.98. The average Bonchev–Trinajstić information content (AvgIpc) is 3.60. The summed E-state index contributed by atoms with van der Waals surface area (Å²) in [5, 5.41) is 19.2. The number of ether oxygens (including phenoxy) is 2. The van der Waals surface area contributed by atoms with Crippen LogP contribution in [0.25, 0.3) is 0 Å². The van der Waals surface area contributed by atoms with Crippen LogP contribution in [0.3, 0.4) is 0 Å². The molecule has 0 unspecified atom stereocenters. The molecule has 2 amide bonds. The Morgan fingerprint density at radius 1 is 0.800 bits per heavy atom. The first-order chi connectivity index (χ1) is 21.2. The fourth-order valence-corrected chi connectivity index (χ4v) is 8.26. The number of benzene rings is 2. The molecular weight excluding hydrogens is 599 g/mol. The predicted octanol–water partition coefficient (Wildman–Crippen LogP) is 4.04. The van der Waals surface area contributed by atoms with Crippen molar-refractivity contribution in [1.29, 1.82) is 10.5 Å². The van der Waals surface area contributed by atoms with Crippen LogP contribution in [0.15, 0.2) is 36.4 Å². The molecule has 45 heavy (non-hydrogen) atoms. The summed E-state index contributed by atoms with van der Waals surface area (Å²) in [5.41, 5.74) is -0.931. The zero-order chi connectivity index (χ0) is 32.3. The van der Waals surface area contributed by atoms with E-state index in [0.717, 1.165) is 0 Å². The van der Waals surface area contributed by atoms with Gasteiger partial charge in [-0.3, -0.25) is 14.2 Å². The summed E-state index contributed by atoms with van der Waals surface area (Å²) in [4.78, 5) is 43.3. The second kappa shape index (κ2) is 11.1. The lowest BCUT2D eigenvalue weighted by Crippen LogP contribution is -2.57. The highest BCUT2D eigenvalue weighted by molar-refractivity contribution is 7.45. The van der Waals surface area contributed by atoms with Gasteiger partial charge in [-0.15, -0.1) is 0 Å². The van der Waals surface area contributed by atoms with Crippen molar-refractivity contribution in [2.24, 2.45) is 0 Å². The molecule has 0 aliphatic carbocycles. The first-order valence-electron chi connectivity index (χ1n) is 15.0. The van der Waals surface area contributed by atoms with Gasteiger partial charge in [0.05, 0.1) is 35.3 Å². The van der Waals surface area contributed by atoms with Gasteiger partial charge in [-0.25, -0.2) is 0 Å². The fraction of sp³-hybridized carbons (Fsp3) is 0.500. The minimum absolute atomic E-state index is 0.166. The molecule has 0 aromatic heterocycles. The Balaban J connectivity index is 1.40. The van der Waals surface area contributed by atoms with Gasteiger partial charge in [0.15, 0.2) is 0 Å². The van der Waals surface area contributed by atoms with Crippen LogP contribution in [0.4, 0.5) is 0 Å². The van der Waals surface area contributed by atoms with Crippen LogP contribution in [-0.2, 0) is 23.2 Å². The van der Waals surface area contributed by atoms with Crippen LogP contribution in [-0.4, -0.2) is 58.1 Å². The minimum Gasteiger partial charge on any atom is -0.756 e. The molecule has 2 saturated heterocycles. The van der Waals surface area contributed by atoms with E-state index >= 15 is 0 Å². The van der Waals surface area contributed by atoms with E-state index in [9.17, 15) is 29.6 Å². The van der Waals surface area contributed by atoms with Crippen molar-refractivity contribution in [2.75, 3.05) is 13.1 Å².